The summed E-state index contributed by atoms with van der Waals surface area (Å²) in [6, 6.07) is 14.4. The molecule has 0 aliphatic carbocycles. The first-order valence-corrected chi connectivity index (χ1v) is 13.7. The van der Waals surface area contributed by atoms with Crippen LogP contribution in [0.15, 0.2) is 73.1 Å². The van der Waals surface area contributed by atoms with Gasteiger partial charge in [-0.1, -0.05) is 6.07 Å². The molecule has 0 saturated carbocycles. The molecular weight excluding hydrogens is 578 g/mol. The van der Waals surface area contributed by atoms with Gasteiger partial charge in [0.15, 0.2) is 0 Å². The van der Waals surface area contributed by atoms with Crippen LogP contribution >= 0.6 is 0 Å². The van der Waals surface area contributed by atoms with Crippen LogP contribution in [0.25, 0.3) is 0 Å². The van der Waals surface area contributed by atoms with Crippen molar-refractivity contribution in [3.05, 3.63) is 101 Å². The number of aromatic nitrogens is 2. The Morgan fingerprint density at radius 2 is 1.43 bits per heavy atom. The van der Waals surface area contributed by atoms with E-state index in [2.05, 4.69) is 42.8 Å². The predicted octanol–water partition coefficient (Wildman–Crippen LogP) is 5.94. The molecule has 44 heavy (non-hydrogen) atoms. The van der Waals surface area contributed by atoms with Crippen LogP contribution in [-0.2, 0) is 6.18 Å². The number of nitrogens with one attached hydrogen (secondary N) is 3. The lowest BCUT2D eigenvalue weighted by atomic mass is 10.1. The third-order valence-corrected chi connectivity index (χ3v) is 7.18. The van der Waals surface area contributed by atoms with E-state index in [0.717, 1.165) is 43.6 Å². The van der Waals surface area contributed by atoms with E-state index in [4.69, 9.17) is 0 Å². The van der Waals surface area contributed by atoms with Crippen molar-refractivity contribution in [1.29, 1.82) is 0 Å². The van der Waals surface area contributed by atoms with Gasteiger partial charge in [0, 0.05) is 54.4 Å². The summed E-state index contributed by atoms with van der Waals surface area (Å²) in [5.74, 6) is -2.54. The summed E-state index contributed by atoms with van der Waals surface area (Å²) in [5.41, 5.74) is 1.31. The van der Waals surface area contributed by atoms with E-state index in [0.29, 0.717) is 29.3 Å². The summed E-state index contributed by atoms with van der Waals surface area (Å²) in [7, 11) is 2.11. The van der Waals surface area contributed by atoms with E-state index >= 15 is 0 Å². The van der Waals surface area contributed by atoms with Crippen molar-refractivity contribution in [1.82, 2.24) is 14.9 Å². The number of likely N-dealkylation sites (N-methyl/N-ethyl adjacent to an activating group) is 1. The lowest BCUT2D eigenvalue weighted by Gasteiger charge is -2.34. The summed E-state index contributed by atoms with van der Waals surface area (Å²) in [4.78, 5) is 38.8. The second-order valence-electron chi connectivity index (χ2n) is 10.4. The normalized spacial score (nSPS) is 13.8. The average molecular weight is 608 g/mol. The molecule has 228 valence electrons. The van der Waals surface area contributed by atoms with Crippen molar-refractivity contribution >= 4 is 40.5 Å². The van der Waals surface area contributed by atoms with Crippen LogP contribution in [0.2, 0.25) is 0 Å². The number of piperazine rings is 1. The minimum absolute atomic E-state index is 0.165. The van der Waals surface area contributed by atoms with Gasteiger partial charge in [-0.2, -0.15) is 13.2 Å². The quantitative estimate of drug-likeness (QED) is 0.224. The van der Waals surface area contributed by atoms with E-state index in [1.54, 1.807) is 13.0 Å². The van der Waals surface area contributed by atoms with E-state index in [-0.39, 0.29) is 16.8 Å². The van der Waals surface area contributed by atoms with Crippen LogP contribution in [0.3, 0.4) is 0 Å². The van der Waals surface area contributed by atoms with Crippen LogP contribution in [0.4, 0.5) is 46.3 Å². The number of hydrogen-bond acceptors (Lipinski definition) is 7. The third-order valence-electron chi connectivity index (χ3n) is 7.18. The van der Waals surface area contributed by atoms with Gasteiger partial charge in [0.25, 0.3) is 11.8 Å². The van der Waals surface area contributed by atoms with E-state index in [1.165, 1.54) is 24.5 Å². The molecule has 0 atom stereocenters. The highest BCUT2D eigenvalue weighted by molar-refractivity contribution is 6.08. The molecule has 9 nitrogen and oxygen atoms in total. The highest BCUT2D eigenvalue weighted by atomic mass is 19.4. The molecule has 0 radical (unpaired) electrons. The first-order chi connectivity index (χ1) is 21.0. The minimum Gasteiger partial charge on any atom is -0.369 e. The number of benzene rings is 3. The second-order valence-corrected chi connectivity index (χ2v) is 10.4. The number of carbonyl (C=O) groups excluding carboxylic acids is 2. The molecule has 2 heterocycles. The van der Waals surface area contributed by atoms with Gasteiger partial charge < -0.3 is 25.8 Å². The SMILES string of the molecule is Cc1ccc(NC(=O)c2ccc(F)c(C(F)(F)F)c2)cc1C(=O)Nc1cnc(Nc2ccc(N3CCN(C)CC3)cc2)nc1. The van der Waals surface area contributed by atoms with Crippen LogP contribution in [0, 0.1) is 12.7 Å². The number of aryl methyl sites for hydroxylation is 1. The third kappa shape index (κ3) is 7.29. The van der Waals surface area contributed by atoms with Gasteiger partial charge in [0.2, 0.25) is 5.95 Å². The van der Waals surface area contributed by atoms with Gasteiger partial charge in [-0.05, 0) is 74.1 Å². The molecule has 13 heteroatoms. The lowest BCUT2D eigenvalue weighted by Crippen LogP contribution is -2.44. The first-order valence-electron chi connectivity index (χ1n) is 13.7. The Balaban J connectivity index is 1.20. The maximum atomic E-state index is 13.6. The maximum Gasteiger partial charge on any atom is 0.419 e. The Hall–Kier alpha value is -5.04. The highest BCUT2D eigenvalue weighted by Crippen LogP contribution is 2.32. The van der Waals surface area contributed by atoms with Gasteiger partial charge in [0.1, 0.15) is 5.82 Å². The molecule has 0 unspecified atom stereocenters. The van der Waals surface area contributed by atoms with Crippen molar-refractivity contribution in [3.8, 4) is 0 Å². The number of hydrogen-bond donors (Lipinski definition) is 3. The number of alkyl halides is 3. The van der Waals surface area contributed by atoms with E-state index in [1.807, 2.05) is 24.3 Å². The van der Waals surface area contributed by atoms with Crippen molar-refractivity contribution in [2.75, 3.05) is 54.1 Å². The molecular formula is C31H29F4N7O2. The van der Waals surface area contributed by atoms with E-state index in [9.17, 15) is 27.2 Å². The van der Waals surface area contributed by atoms with Gasteiger partial charge in [-0.15, -0.1) is 0 Å². The van der Waals surface area contributed by atoms with Crippen molar-refractivity contribution < 1.29 is 27.2 Å². The molecule has 1 saturated heterocycles. The first kappa shape index (κ1) is 30.4. The van der Waals surface area contributed by atoms with Gasteiger partial charge in [-0.25, -0.2) is 14.4 Å². The molecule has 4 aromatic rings. The molecule has 3 N–H and O–H groups in total. The predicted molar refractivity (Wildman–Crippen MR) is 160 cm³/mol. The molecule has 1 fully saturated rings. The molecule has 5 rings (SSSR count). The largest absolute Gasteiger partial charge is 0.419 e. The number of amides is 2. The van der Waals surface area contributed by atoms with Crippen molar-refractivity contribution in [3.63, 3.8) is 0 Å². The van der Waals surface area contributed by atoms with Crippen molar-refractivity contribution in [2.24, 2.45) is 0 Å². The van der Waals surface area contributed by atoms with Crippen LogP contribution in [-0.4, -0.2) is 59.9 Å². The fraction of sp³-hybridized carbons (Fsp3) is 0.226. The Kier molecular flexibility index (Phi) is 8.76. The molecule has 1 aliphatic heterocycles. The van der Waals surface area contributed by atoms with Crippen LogP contribution < -0.4 is 20.9 Å². The highest BCUT2D eigenvalue weighted by Gasteiger charge is 2.34. The standard InChI is InChI=1S/C31H29F4N7O2/c1-19-3-5-22(38-28(43)20-4-10-27(32)26(15-20)31(33,34)35)16-25(19)29(44)39-23-17-36-30(37-18-23)40-21-6-8-24(9-7-21)42-13-11-41(2)12-14-42/h3-10,15-18H,11-14H2,1-2H3,(H,38,43)(H,39,44)(H,36,37,40). The molecule has 3 aromatic carbocycles. The zero-order valence-corrected chi connectivity index (χ0v) is 23.9. The zero-order chi connectivity index (χ0) is 31.4. The summed E-state index contributed by atoms with van der Waals surface area (Å²) < 4.78 is 52.8. The number of carbonyl (C=O) groups is 2. The molecule has 1 aromatic heterocycles. The number of halogens is 4. The topological polar surface area (TPSA) is 102 Å². The van der Waals surface area contributed by atoms with Crippen molar-refractivity contribution in [2.45, 2.75) is 13.1 Å². The monoisotopic (exact) mass is 607 g/mol. The Morgan fingerprint density at radius 1 is 0.795 bits per heavy atom. The number of nitrogens with zero attached hydrogens (tertiary/aromatic N) is 4. The fourth-order valence-corrected chi connectivity index (χ4v) is 4.64. The Labute approximate surface area is 250 Å². The lowest BCUT2D eigenvalue weighted by molar-refractivity contribution is -0.140. The maximum absolute atomic E-state index is 13.6. The minimum atomic E-state index is -4.95. The second kappa shape index (κ2) is 12.7. The fourth-order valence-electron chi connectivity index (χ4n) is 4.64. The zero-order valence-electron chi connectivity index (χ0n) is 23.9. The molecule has 2 amide bonds. The van der Waals surface area contributed by atoms with E-state index < -0.39 is 29.4 Å². The van der Waals surface area contributed by atoms with Gasteiger partial charge >= 0.3 is 6.18 Å². The summed E-state index contributed by atoms with van der Waals surface area (Å²) in [6.07, 6.45) is -2.07. The van der Waals surface area contributed by atoms with Crippen LogP contribution in [0.5, 0.6) is 0 Å². The molecule has 0 bridgehead atoms. The average Bonchev–Trinajstić information content (AvgIpc) is 2.99. The number of rotatable bonds is 7. The summed E-state index contributed by atoms with van der Waals surface area (Å²) >= 11 is 0. The van der Waals surface area contributed by atoms with Gasteiger partial charge in [0.05, 0.1) is 23.6 Å². The smallest absolute Gasteiger partial charge is 0.369 e. The molecule has 0 spiro atoms. The van der Waals surface area contributed by atoms with Gasteiger partial charge in [-0.3, -0.25) is 9.59 Å². The Morgan fingerprint density at radius 3 is 2.09 bits per heavy atom. The van der Waals surface area contributed by atoms with Crippen LogP contribution in [0.1, 0.15) is 31.8 Å². The summed E-state index contributed by atoms with van der Waals surface area (Å²) in [6.45, 7) is 5.67. The summed E-state index contributed by atoms with van der Waals surface area (Å²) in [5, 5.41) is 8.28. The molecule has 1 aliphatic rings. The number of anilines is 5. The Bertz CT molecular complexity index is 1650.